The summed E-state index contributed by atoms with van der Waals surface area (Å²) in [5.74, 6) is 1.75. The van der Waals surface area contributed by atoms with Gasteiger partial charge in [-0.25, -0.2) is 0 Å². The van der Waals surface area contributed by atoms with E-state index in [1.165, 1.54) is 0 Å². The van der Waals surface area contributed by atoms with E-state index in [4.69, 9.17) is 4.42 Å². The number of hydrogen-bond donors (Lipinski definition) is 1. The summed E-state index contributed by atoms with van der Waals surface area (Å²) in [5.41, 5.74) is 1.66. The molecule has 1 N–H and O–H groups in total. The zero-order chi connectivity index (χ0) is 17.0. The Morgan fingerprint density at radius 3 is 2.84 bits per heavy atom. The average Bonchev–Trinajstić information content (AvgIpc) is 2.98. The van der Waals surface area contributed by atoms with Crippen molar-refractivity contribution in [1.82, 2.24) is 25.3 Å². The number of para-hydroxylation sites is 1. The minimum absolute atomic E-state index is 0.0122. The molecule has 1 aromatic carbocycles. The second-order valence-electron chi connectivity index (χ2n) is 7.19. The van der Waals surface area contributed by atoms with Gasteiger partial charge in [0.15, 0.2) is 5.69 Å². The maximum atomic E-state index is 12.9. The van der Waals surface area contributed by atoms with Crippen LogP contribution in [0.5, 0.6) is 0 Å². The molecule has 2 aromatic heterocycles. The number of amides is 1. The van der Waals surface area contributed by atoms with Crippen LogP contribution in [0.15, 0.2) is 28.7 Å². The fraction of sp³-hybridized carbons (Fsp3) is 0.444. The van der Waals surface area contributed by atoms with E-state index in [2.05, 4.69) is 20.4 Å². The number of carbonyl (C=O) groups excluding carboxylic acids is 1. The molecule has 1 amide bonds. The molecule has 2 aliphatic rings. The molecule has 7 nitrogen and oxygen atoms in total. The van der Waals surface area contributed by atoms with Gasteiger partial charge in [-0.3, -0.25) is 9.89 Å². The zero-order valence-corrected chi connectivity index (χ0v) is 14.0. The normalized spacial score (nSPS) is 21.8. The monoisotopic (exact) mass is 337 g/mol. The van der Waals surface area contributed by atoms with Crippen molar-refractivity contribution in [2.24, 2.45) is 5.41 Å². The summed E-state index contributed by atoms with van der Waals surface area (Å²) in [4.78, 5) is 14.8. The lowest BCUT2D eigenvalue weighted by molar-refractivity contribution is 0.0669. The third kappa shape index (κ3) is 2.26. The van der Waals surface area contributed by atoms with Crippen molar-refractivity contribution < 1.29 is 9.21 Å². The van der Waals surface area contributed by atoms with Gasteiger partial charge < -0.3 is 9.32 Å². The van der Waals surface area contributed by atoms with Crippen LogP contribution in [0.25, 0.3) is 10.9 Å². The van der Waals surface area contributed by atoms with Crippen LogP contribution < -0.4 is 0 Å². The topological polar surface area (TPSA) is 87.9 Å². The fourth-order valence-electron chi connectivity index (χ4n) is 4.13. The number of aryl methyl sites for hydroxylation is 1. The zero-order valence-electron chi connectivity index (χ0n) is 14.0. The molecule has 1 saturated carbocycles. The van der Waals surface area contributed by atoms with Gasteiger partial charge in [0, 0.05) is 31.3 Å². The van der Waals surface area contributed by atoms with Gasteiger partial charge in [-0.05, 0) is 30.7 Å². The van der Waals surface area contributed by atoms with Gasteiger partial charge in [-0.1, -0.05) is 18.2 Å². The highest BCUT2D eigenvalue weighted by Gasteiger charge is 2.58. The summed E-state index contributed by atoms with van der Waals surface area (Å²) in [6, 6.07) is 7.74. The Hall–Kier alpha value is -2.70. The van der Waals surface area contributed by atoms with Gasteiger partial charge >= 0.3 is 0 Å². The van der Waals surface area contributed by atoms with Gasteiger partial charge in [0.05, 0.1) is 5.52 Å². The van der Waals surface area contributed by atoms with Gasteiger partial charge in [-0.2, -0.15) is 5.10 Å². The average molecular weight is 337 g/mol. The van der Waals surface area contributed by atoms with Crippen molar-refractivity contribution in [2.45, 2.75) is 32.1 Å². The highest BCUT2D eigenvalue weighted by Crippen LogP contribution is 2.64. The molecule has 1 spiro atoms. The molecule has 0 bridgehead atoms. The number of piperidine rings is 1. The Bertz CT molecular complexity index is 951. The third-order valence-electron chi connectivity index (χ3n) is 5.75. The summed E-state index contributed by atoms with van der Waals surface area (Å²) in [7, 11) is 0. The number of hydrogen-bond acceptors (Lipinski definition) is 5. The number of carbonyl (C=O) groups is 1. The van der Waals surface area contributed by atoms with Gasteiger partial charge in [-0.15, -0.1) is 10.2 Å². The molecule has 0 radical (unpaired) electrons. The molecule has 2 fully saturated rings. The molecule has 1 unspecified atom stereocenters. The molecule has 5 rings (SSSR count). The van der Waals surface area contributed by atoms with Crippen molar-refractivity contribution in [3.8, 4) is 0 Å². The van der Waals surface area contributed by atoms with Crippen LogP contribution in [0.4, 0.5) is 0 Å². The number of fused-ring (bicyclic) bond motifs is 1. The first-order valence-corrected chi connectivity index (χ1v) is 8.69. The van der Waals surface area contributed by atoms with Crippen LogP contribution in [-0.2, 0) is 0 Å². The maximum Gasteiger partial charge on any atom is 0.274 e. The van der Waals surface area contributed by atoms with Gasteiger partial charge in [0.25, 0.3) is 5.91 Å². The quantitative estimate of drug-likeness (QED) is 0.777. The van der Waals surface area contributed by atoms with E-state index in [9.17, 15) is 4.79 Å². The molecule has 1 aliphatic carbocycles. The lowest BCUT2D eigenvalue weighted by Gasteiger charge is -2.32. The van der Waals surface area contributed by atoms with E-state index in [0.29, 0.717) is 17.5 Å². The number of nitrogens with one attached hydrogen (secondary N) is 1. The van der Waals surface area contributed by atoms with E-state index in [1.54, 1.807) is 0 Å². The highest BCUT2D eigenvalue weighted by molar-refractivity contribution is 6.04. The van der Waals surface area contributed by atoms with Crippen molar-refractivity contribution in [2.75, 3.05) is 13.1 Å². The van der Waals surface area contributed by atoms with Crippen molar-refractivity contribution in [3.63, 3.8) is 0 Å². The molecule has 7 heteroatoms. The van der Waals surface area contributed by atoms with Crippen LogP contribution >= 0.6 is 0 Å². The van der Waals surface area contributed by atoms with Crippen molar-refractivity contribution >= 4 is 16.8 Å². The Kier molecular flexibility index (Phi) is 3.01. The van der Waals surface area contributed by atoms with E-state index in [0.717, 1.165) is 49.1 Å². The molecular weight excluding hydrogens is 318 g/mol. The first-order valence-electron chi connectivity index (χ1n) is 8.69. The minimum atomic E-state index is 0.0122. The minimum Gasteiger partial charge on any atom is -0.425 e. The predicted octanol–water partition coefficient (Wildman–Crippen LogP) is 2.66. The third-order valence-corrected chi connectivity index (χ3v) is 5.75. The Morgan fingerprint density at radius 1 is 1.28 bits per heavy atom. The smallest absolute Gasteiger partial charge is 0.274 e. The first-order chi connectivity index (χ1) is 12.2. The number of aromatic nitrogens is 4. The van der Waals surface area contributed by atoms with Gasteiger partial charge in [0.2, 0.25) is 11.8 Å². The van der Waals surface area contributed by atoms with E-state index < -0.39 is 0 Å². The molecule has 1 saturated heterocycles. The van der Waals surface area contributed by atoms with Crippen LogP contribution in [0.2, 0.25) is 0 Å². The second-order valence-corrected chi connectivity index (χ2v) is 7.19. The number of likely N-dealkylation sites (tertiary alicyclic amines) is 1. The SMILES string of the molecule is Cc1nnc(C2CC23CCN(C(=O)c2n[nH]c4ccccc24)CC3)o1. The summed E-state index contributed by atoms with van der Waals surface area (Å²) in [5, 5.41) is 16.2. The van der Waals surface area contributed by atoms with E-state index in [-0.39, 0.29) is 11.3 Å². The largest absolute Gasteiger partial charge is 0.425 e. The number of H-pyrrole nitrogens is 1. The highest BCUT2D eigenvalue weighted by atomic mass is 16.4. The lowest BCUT2D eigenvalue weighted by atomic mass is 9.90. The molecule has 25 heavy (non-hydrogen) atoms. The molecule has 1 aliphatic heterocycles. The van der Waals surface area contributed by atoms with Crippen LogP contribution in [0.1, 0.15) is 47.5 Å². The maximum absolute atomic E-state index is 12.9. The van der Waals surface area contributed by atoms with E-state index in [1.807, 2.05) is 36.1 Å². The van der Waals surface area contributed by atoms with Crippen molar-refractivity contribution in [1.29, 1.82) is 0 Å². The number of rotatable bonds is 2. The molecular formula is C18H19N5O2. The number of aromatic amines is 1. The molecule has 3 heterocycles. The molecule has 1 atom stereocenters. The predicted molar refractivity (Wildman–Crippen MR) is 90.1 cm³/mol. The second kappa shape index (κ2) is 5.15. The lowest BCUT2D eigenvalue weighted by Crippen LogP contribution is -2.39. The summed E-state index contributed by atoms with van der Waals surface area (Å²) < 4.78 is 5.60. The fourth-order valence-corrected chi connectivity index (χ4v) is 4.13. The summed E-state index contributed by atoms with van der Waals surface area (Å²) >= 11 is 0. The standard InChI is InChI=1S/C18H19N5O2/c1-11-19-22-16(25-11)13-10-18(13)6-8-23(9-7-18)17(24)15-12-4-2-3-5-14(12)20-21-15/h2-5,13H,6-10H2,1H3,(H,20,21). The number of nitrogens with zero attached hydrogens (tertiary/aromatic N) is 4. The van der Waals surface area contributed by atoms with Crippen LogP contribution in [-0.4, -0.2) is 44.3 Å². The molecule has 3 aromatic rings. The van der Waals surface area contributed by atoms with E-state index >= 15 is 0 Å². The van der Waals surface area contributed by atoms with Gasteiger partial charge in [0.1, 0.15) is 0 Å². The van der Waals surface area contributed by atoms with Crippen LogP contribution in [0.3, 0.4) is 0 Å². The Morgan fingerprint density at radius 2 is 2.08 bits per heavy atom. The summed E-state index contributed by atoms with van der Waals surface area (Å²) in [6.45, 7) is 3.33. The first kappa shape index (κ1) is 14.6. The molecule has 128 valence electrons. The van der Waals surface area contributed by atoms with Crippen LogP contribution in [0, 0.1) is 12.3 Å². The Labute approximate surface area is 144 Å². The Balaban J connectivity index is 1.30. The number of benzene rings is 1. The van der Waals surface area contributed by atoms with Crippen molar-refractivity contribution in [3.05, 3.63) is 41.7 Å². The summed E-state index contributed by atoms with van der Waals surface area (Å²) in [6.07, 6.45) is 3.04.